The number of carbonyl (C=O) groups excluding carboxylic acids is 1. The van der Waals surface area contributed by atoms with Crippen LogP contribution in [0.15, 0.2) is 16.9 Å². The highest BCUT2D eigenvalue weighted by Gasteiger charge is 2.38. The zero-order valence-electron chi connectivity index (χ0n) is 8.23. The number of aliphatic hydroxyl groups excluding tert-OH is 1. The second kappa shape index (κ2) is 4.52. The number of aliphatic hydroxyl groups is 1. The molecular weight excluding hydrogens is 229 g/mol. The fraction of sp³-hybridized carbons (Fsp3) is 0.500. The summed E-state index contributed by atoms with van der Waals surface area (Å²) in [7, 11) is 0. The van der Waals surface area contributed by atoms with E-state index < -0.39 is 24.2 Å². The lowest BCUT2D eigenvalue weighted by Crippen LogP contribution is -2.40. The van der Waals surface area contributed by atoms with Gasteiger partial charge in [-0.3, -0.25) is 4.90 Å². The quantitative estimate of drug-likeness (QED) is 0.747. The molecule has 1 amide bonds. The van der Waals surface area contributed by atoms with Crippen LogP contribution in [0.4, 0.5) is 18.0 Å². The summed E-state index contributed by atoms with van der Waals surface area (Å²) in [5.74, 6) is 0. The molecule has 1 aliphatic heterocycles. The molecule has 1 heterocycles. The van der Waals surface area contributed by atoms with E-state index in [1.165, 1.54) is 6.92 Å². The van der Waals surface area contributed by atoms with Crippen LogP contribution >= 0.6 is 0 Å². The molecule has 0 aromatic rings. The lowest BCUT2D eigenvalue weighted by atomic mass is 10.3. The summed E-state index contributed by atoms with van der Waals surface area (Å²) in [6, 6.07) is 0. The van der Waals surface area contributed by atoms with Gasteiger partial charge in [-0.25, -0.2) is 9.79 Å². The molecule has 90 valence electrons. The number of allylic oxidation sites excluding steroid dienone is 1. The molecule has 0 aromatic carbocycles. The first-order valence-corrected chi connectivity index (χ1v) is 4.32. The lowest BCUT2D eigenvalue weighted by Gasteiger charge is -2.25. The van der Waals surface area contributed by atoms with Crippen LogP contribution < -0.4 is 0 Å². The molecule has 0 aromatic heterocycles. The van der Waals surface area contributed by atoms with Crippen molar-refractivity contribution in [3.05, 3.63) is 11.9 Å². The predicted octanol–water partition coefficient (Wildman–Crippen LogP) is 1.25. The summed E-state index contributed by atoms with van der Waals surface area (Å²) in [6.45, 7) is 1.49. The van der Waals surface area contributed by atoms with E-state index in [-0.39, 0.29) is 6.61 Å². The topological polar surface area (TPSA) is 62.1 Å². The monoisotopic (exact) mass is 238 g/mol. The molecule has 0 radical (unpaired) electrons. The van der Waals surface area contributed by atoms with Gasteiger partial charge in [0.2, 0.25) is 0 Å². The summed E-state index contributed by atoms with van der Waals surface area (Å²) >= 11 is 0. The molecule has 16 heavy (non-hydrogen) atoms. The second-order valence-electron chi connectivity index (χ2n) is 2.81. The number of hydrogen-bond acceptors (Lipinski definition) is 4. The zero-order chi connectivity index (χ0) is 12.3. The Morgan fingerprint density at radius 2 is 2.31 bits per heavy atom. The normalized spacial score (nSPS) is 20.7. The van der Waals surface area contributed by atoms with E-state index in [9.17, 15) is 23.1 Å². The molecule has 1 atom stereocenters. The van der Waals surface area contributed by atoms with Gasteiger partial charge in [-0.1, -0.05) is 0 Å². The Morgan fingerprint density at radius 1 is 1.69 bits per heavy atom. The minimum absolute atomic E-state index is 0.00557. The Morgan fingerprint density at radius 3 is 2.81 bits per heavy atom. The number of ether oxygens (including phenoxy) is 1. The number of amides is 1. The first-order valence-electron chi connectivity index (χ1n) is 4.32. The minimum Gasteiger partial charge on any atom is -0.449 e. The van der Waals surface area contributed by atoms with Crippen molar-refractivity contribution in [2.75, 3.05) is 6.61 Å². The summed E-state index contributed by atoms with van der Waals surface area (Å²) in [6.07, 6.45) is -6.28. The molecule has 5 nitrogen and oxygen atoms in total. The van der Waals surface area contributed by atoms with Crippen LogP contribution in [0.3, 0.4) is 0 Å². The minimum atomic E-state index is -4.68. The Hall–Kier alpha value is -1.57. The van der Waals surface area contributed by atoms with E-state index in [0.717, 1.165) is 0 Å². The maximum Gasteiger partial charge on any atom is 0.434 e. The molecule has 1 aliphatic rings. The number of aliphatic imine (C=N–C) groups is 1. The third-order valence-electron chi connectivity index (χ3n) is 1.66. The molecule has 1 rings (SSSR count). The highest BCUT2D eigenvalue weighted by molar-refractivity contribution is 5.77. The molecule has 8 heteroatoms. The number of hydrogen-bond donors (Lipinski definition) is 1. The Balaban J connectivity index is 2.89. The van der Waals surface area contributed by atoms with Crippen molar-refractivity contribution in [1.82, 2.24) is 4.90 Å². The third kappa shape index (κ3) is 2.72. The van der Waals surface area contributed by atoms with E-state index in [1.54, 1.807) is 0 Å². The van der Waals surface area contributed by atoms with Crippen molar-refractivity contribution in [3.63, 3.8) is 0 Å². The third-order valence-corrected chi connectivity index (χ3v) is 1.66. The van der Waals surface area contributed by atoms with Crippen LogP contribution in [0.25, 0.3) is 0 Å². The first kappa shape index (κ1) is 12.5. The van der Waals surface area contributed by atoms with Crippen LogP contribution in [0.2, 0.25) is 0 Å². The summed E-state index contributed by atoms with van der Waals surface area (Å²) < 4.78 is 41.2. The van der Waals surface area contributed by atoms with Gasteiger partial charge in [0.1, 0.15) is 0 Å². The molecule has 0 saturated heterocycles. The van der Waals surface area contributed by atoms with E-state index in [4.69, 9.17) is 0 Å². The van der Waals surface area contributed by atoms with Crippen LogP contribution in [0.5, 0.6) is 0 Å². The SMILES string of the molecule is CCOC(=O)N1C=C(C(F)(F)F)N=CC1O. The molecular formula is C8H9F3N2O3. The summed E-state index contributed by atoms with van der Waals surface area (Å²) in [4.78, 5) is 14.6. The van der Waals surface area contributed by atoms with E-state index in [1.807, 2.05) is 0 Å². The lowest BCUT2D eigenvalue weighted by molar-refractivity contribution is -0.0945. The van der Waals surface area contributed by atoms with Crippen molar-refractivity contribution in [2.24, 2.45) is 4.99 Å². The van der Waals surface area contributed by atoms with E-state index in [2.05, 4.69) is 9.73 Å². The number of carbonyl (C=O) groups is 1. The maximum atomic E-state index is 12.2. The van der Waals surface area contributed by atoms with Crippen LogP contribution in [0, 0.1) is 0 Å². The van der Waals surface area contributed by atoms with Crippen molar-refractivity contribution >= 4 is 12.3 Å². The Kier molecular flexibility index (Phi) is 3.53. The Bertz CT molecular complexity index is 338. The summed E-state index contributed by atoms with van der Waals surface area (Å²) in [5, 5.41) is 9.21. The highest BCUT2D eigenvalue weighted by Crippen LogP contribution is 2.28. The average molecular weight is 238 g/mol. The van der Waals surface area contributed by atoms with Crippen LogP contribution in [-0.2, 0) is 4.74 Å². The molecule has 0 bridgehead atoms. The van der Waals surface area contributed by atoms with Gasteiger partial charge in [-0.05, 0) is 6.92 Å². The number of nitrogens with zero attached hydrogens (tertiary/aromatic N) is 2. The van der Waals surface area contributed by atoms with Crippen LogP contribution in [-0.4, -0.2) is 41.3 Å². The Labute approximate surface area is 88.8 Å². The van der Waals surface area contributed by atoms with Gasteiger partial charge in [0.25, 0.3) is 0 Å². The highest BCUT2D eigenvalue weighted by atomic mass is 19.4. The number of alkyl halides is 3. The number of rotatable bonds is 1. The first-order chi connectivity index (χ1) is 7.36. The van der Waals surface area contributed by atoms with Gasteiger partial charge in [0.05, 0.1) is 12.8 Å². The van der Waals surface area contributed by atoms with Crippen LogP contribution in [0.1, 0.15) is 6.92 Å². The van der Waals surface area contributed by atoms with E-state index >= 15 is 0 Å². The molecule has 0 saturated carbocycles. The van der Waals surface area contributed by atoms with Gasteiger partial charge < -0.3 is 9.84 Å². The largest absolute Gasteiger partial charge is 0.449 e. The van der Waals surface area contributed by atoms with Gasteiger partial charge in [0.15, 0.2) is 11.9 Å². The maximum absolute atomic E-state index is 12.2. The van der Waals surface area contributed by atoms with E-state index in [0.29, 0.717) is 17.3 Å². The fourth-order valence-electron chi connectivity index (χ4n) is 0.965. The standard InChI is InChI=1S/C8H9F3N2O3/c1-2-16-7(15)13-4-5(8(9,10)11)12-3-6(13)14/h3-4,6,14H,2H2,1H3. The van der Waals surface area contributed by atoms with Crippen molar-refractivity contribution in [2.45, 2.75) is 19.3 Å². The molecule has 0 spiro atoms. The van der Waals surface area contributed by atoms with Gasteiger partial charge in [-0.2, -0.15) is 13.2 Å². The second-order valence-corrected chi connectivity index (χ2v) is 2.81. The van der Waals surface area contributed by atoms with Crippen molar-refractivity contribution < 1.29 is 27.8 Å². The molecule has 0 fully saturated rings. The van der Waals surface area contributed by atoms with Crippen molar-refractivity contribution in [3.8, 4) is 0 Å². The summed E-state index contributed by atoms with van der Waals surface area (Å²) in [5.41, 5.74) is -1.27. The smallest absolute Gasteiger partial charge is 0.434 e. The molecule has 1 N–H and O–H groups in total. The molecule has 1 unspecified atom stereocenters. The van der Waals surface area contributed by atoms with Crippen molar-refractivity contribution in [1.29, 1.82) is 0 Å². The zero-order valence-corrected chi connectivity index (χ0v) is 8.23. The fourth-order valence-corrected chi connectivity index (χ4v) is 0.965. The molecule has 0 aliphatic carbocycles. The number of halogens is 3. The average Bonchev–Trinajstić information content (AvgIpc) is 2.16. The van der Waals surface area contributed by atoms with Gasteiger partial charge in [-0.15, -0.1) is 0 Å². The van der Waals surface area contributed by atoms with Gasteiger partial charge in [0, 0.05) is 6.20 Å². The predicted molar refractivity (Wildman–Crippen MR) is 47.5 cm³/mol. The van der Waals surface area contributed by atoms with Gasteiger partial charge >= 0.3 is 12.3 Å².